The molecule has 2 heterocycles. The Kier molecular flexibility index (Phi) is 11.5. The molecule has 1 aliphatic heterocycles. The normalized spacial score (nSPS) is 25.4. The van der Waals surface area contributed by atoms with Crippen molar-refractivity contribution in [3.8, 4) is 11.3 Å². The zero-order valence-electron chi connectivity index (χ0n) is 29.4. The van der Waals surface area contributed by atoms with Crippen LogP contribution in [0.5, 0.6) is 0 Å². The molecule has 274 valence electrons. The Morgan fingerprint density at radius 1 is 1.08 bits per heavy atom. The van der Waals surface area contributed by atoms with Crippen LogP contribution in [0.3, 0.4) is 0 Å². The lowest BCUT2D eigenvalue weighted by molar-refractivity contribution is -0.147. The van der Waals surface area contributed by atoms with Gasteiger partial charge in [-0.15, -0.1) is 0 Å². The lowest BCUT2D eigenvalue weighted by atomic mass is 9.54. The van der Waals surface area contributed by atoms with E-state index in [1.54, 1.807) is 20.8 Å². The van der Waals surface area contributed by atoms with Crippen molar-refractivity contribution in [3.63, 3.8) is 0 Å². The van der Waals surface area contributed by atoms with E-state index in [9.17, 15) is 19.2 Å². The van der Waals surface area contributed by atoms with Crippen molar-refractivity contribution >= 4 is 69.9 Å². The Bertz CT molecular complexity index is 1670. The number of aromatic nitrogens is 1. The number of benzene rings is 1. The van der Waals surface area contributed by atoms with Crippen molar-refractivity contribution in [3.05, 3.63) is 51.5 Å². The smallest absolute Gasteiger partial charge is 0.408 e. The van der Waals surface area contributed by atoms with E-state index in [2.05, 4.69) is 16.4 Å². The minimum atomic E-state index is -1.23. The molecule has 2 aromatic rings. The van der Waals surface area contributed by atoms with Crippen LogP contribution in [0.1, 0.15) is 89.8 Å². The molecule has 7 rings (SSSR count). The number of nitrogens with one attached hydrogen (secondary N) is 2. The Balaban J connectivity index is 1.09. The van der Waals surface area contributed by atoms with Gasteiger partial charge in [0.2, 0.25) is 5.91 Å². The van der Waals surface area contributed by atoms with Gasteiger partial charge in [-0.2, -0.15) is 0 Å². The zero-order chi connectivity index (χ0) is 36.4. The number of carbonyl (C=O) groups is 4. The van der Waals surface area contributed by atoms with E-state index >= 15 is 0 Å². The number of esters is 1. The number of amides is 3. The van der Waals surface area contributed by atoms with E-state index < -0.39 is 36.0 Å². The number of halogens is 1. The molecule has 5 aliphatic rings. The summed E-state index contributed by atoms with van der Waals surface area (Å²) >= 11 is 13.4. The summed E-state index contributed by atoms with van der Waals surface area (Å²) in [6.07, 6.45) is 9.82. The number of nitrogens with two attached hydrogens (primary N) is 1. The number of thioether (sulfide) groups is 1. The lowest BCUT2D eigenvalue weighted by Crippen LogP contribution is -2.57. The van der Waals surface area contributed by atoms with Gasteiger partial charge in [0.25, 0.3) is 5.91 Å². The fourth-order valence-electron chi connectivity index (χ4n) is 8.53. The molecular formula is C38H47ClN4O6S2. The summed E-state index contributed by atoms with van der Waals surface area (Å²) in [5.41, 5.74) is 8.37. The van der Waals surface area contributed by atoms with Gasteiger partial charge in [-0.05, 0) is 138 Å². The summed E-state index contributed by atoms with van der Waals surface area (Å²) in [6.45, 7) is 5.20. The second-order valence-corrected chi connectivity index (χ2v) is 17.6. The van der Waals surface area contributed by atoms with E-state index in [1.165, 1.54) is 43.9 Å². The highest BCUT2D eigenvalue weighted by Gasteiger charge is 2.53. The van der Waals surface area contributed by atoms with Gasteiger partial charge < -0.3 is 25.5 Å². The summed E-state index contributed by atoms with van der Waals surface area (Å²) < 4.78 is 11.3. The van der Waals surface area contributed by atoms with Crippen molar-refractivity contribution < 1.29 is 28.7 Å². The Morgan fingerprint density at radius 2 is 1.75 bits per heavy atom. The van der Waals surface area contributed by atoms with Crippen LogP contribution >= 0.6 is 35.6 Å². The number of H-pyrrole nitrogens is 1. The molecule has 51 heavy (non-hydrogen) atoms. The van der Waals surface area contributed by atoms with Crippen molar-refractivity contribution in [2.24, 2.45) is 29.4 Å². The van der Waals surface area contributed by atoms with Crippen molar-refractivity contribution in [1.29, 1.82) is 0 Å². The van der Waals surface area contributed by atoms with Crippen LogP contribution in [0.25, 0.3) is 17.3 Å². The number of primary amides is 1. The fourth-order valence-corrected chi connectivity index (χ4v) is 9.99. The Labute approximate surface area is 314 Å². The minimum Gasteiger partial charge on any atom is -0.464 e. The van der Waals surface area contributed by atoms with Crippen LogP contribution in [0, 0.1) is 23.7 Å². The number of rotatable bonds is 13. The molecule has 5 fully saturated rings. The number of nitrogens with zero attached hydrogens (tertiary/aromatic N) is 1. The maximum absolute atomic E-state index is 14.0. The van der Waals surface area contributed by atoms with Gasteiger partial charge in [-0.3, -0.25) is 14.5 Å². The van der Waals surface area contributed by atoms with Crippen LogP contribution in [-0.4, -0.2) is 62.4 Å². The molecule has 4 N–H and O–H groups in total. The fraction of sp³-hybridized carbons (Fsp3) is 0.553. The number of hydrogen-bond donors (Lipinski definition) is 3. The summed E-state index contributed by atoms with van der Waals surface area (Å²) in [6, 6.07) is 8.73. The average molecular weight is 755 g/mol. The van der Waals surface area contributed by atoms with Gasteiger partial charge in [0.1, 0.15) is 16.0 Å². The SMILES string of the molecule is CC(C)(C)OC(=O)N[C@@H](CC(N)=O)C(=O)OCCCCCc1cc(-c2ccc(Cl)cc2)[nH]c1C=C1SC(=S)N(C2C3CC4CC(C3)CC2C4)C1=O. The second kappa shape index (κ2) is 15.7. The number of aryl methyl sites for hydroxylation is 1. The third kappa shape index (κ3) is 9.18. The minimum absolute atomic E-state index is 0.0219. The number of thiocarbonyl (C=S) groups is 1. The highest BCUT2D eigenvalue weighted by molar-refractivity contribution is 8.26. The molecular weight excluding hydrogens is 708 g/mol. The molecule has 4 bridgehead atoms. The highest BCUT2D eigenvalue weighted by Crippen LogP contribution is 2.56. The van der Waals surface area contributed by atoms with E-state index in [4.69, 9.17) is 39.0 Å². The molecule has 0 spiro atoms. The number of ether oxygens (including phenoxy) is 2. The van der Waals surface area contributed by atoms with Crippen molar-refractivity contribution in [2.45, 2.75) is 103 Å². The molecule has 4 aliphatic carbocycles. The molecule has 13 heteroatoms. The Morgan fingerprint density at radius 3 is 2.37 bits per heavy atom. The van der Waals surface area contributed by atoms with Crippen LogP contribution in [0.4, 0.5) is 4.79 Å². The third-order valence-electron chi connectivity index (χ3n) is 10.4. The van der Waals surface area contributed by atoms with Gasteiger partial charge in [0, 0.05) is 22.5 Å². The van der Waals surface area contributed by atoms with E-state index in [1.807, 2.05) is 35.2 Å². The first-order valence-electron chi connectivity index (χ1n) is 17.9. The summed E-state index contributed by atoms with van der Waals surface area (Å²) in [5, 5.41) is 3.04. The first-order valence-corrected chi connectivity index (χ1v) is 19.5. The summed E-state index contributed by atoms with van der Waals surface area (Å²) in [5.74, 6) is 1.27. The molecule has 3 amide bonds. The maximum atomic E-state index is 14.0. The predicted octanol–water partition coefficient (Wildman–Crippen LogP) is 7.39. The van der Waals surface area contributed by atoms with Gasteiger partial charge >= 0.3 is 12.1 Å². The first kappa shape index (κ1) is 37.4. The topological polar surface area (TPSA) is 144 Å². The van der Waals surface area contributed by atoms with Gasteiger partial charge in [0.05, 0.1) is 17.9 Å². The van der Waals surface area contributed by atoms with Gasteiger partial charge in [-0.1, -0.05) is 47.7 Å². The van der Waals surface area contributed by atoms with Crippen LogP contribution in [-0.2, 0) is 30.3 Å². The lowest BCUT2D eigenvalue weighted by Gasteiger charge is -2.56. The number of alkyl carbamates (subject to hydrolysis) is 1. The van der Waals surface area contributed by atoms with E-state index in [-0.39, 0.29) is 18.6 Å². The molecule has 1 atom stereocenters. The Hall–Kier alpha value is -3.35. The number of unbranched alkanes of at least 4 members (excludes halogenated alkanes) is 2. The van der Waals surface area contributed by atoms with Gasteiger partial charge in [-0.25, -0.2) is 9.59 Å². The average Bonchev–Trinajstić information content (AvgIpc) is 3.56. The zero-order valence-corrected chi connectivity index (χ0v) is 31.8. The van der Waals surface area contributed by atoms with E-state index in [0.717, 1.165) is 53.6 Å². The maximum Gasteiger partial charge on any atom is 0.408 e. The van der Waals surface area contributed by atoms with Crippen LogP contribution in [0.15, 0.2) is 35.2 Å². The van der Waals surface area contributed by atoms with Crippen LogP contribution < -0.4 is 11.1 Å². The number of carbonyl (C=O) groups excluding carboxylic acids is 4. The van der Waals surface area contributed by atoms with Gasteiger partial charge in [0.15, 0.2) is 0 Å². The molecule has 1 aromatic carbocycles. The predicted molar refractivity (Wildman–Crippen MR) is 203 cm³/mol. The molecule has 0 unspecified atom stereocenters. The number of hydrogen-bond acceptors (Lipinski definition) is 8. The van der Waals surface area contributed by atoms with Crippen LogP contribution in [0.2, 0.25) is 5.02 Å². The second-order valence-electron chi connectivity index (χ2n) is 15.4. The molecule has 1 saturated heterocycles. The van der Waals surface area contributed by atoms with Crippen molar-refractivity contribution in [2.75, 3.05) is 6.61 Å². The first-order chi connectivity index (χ1) is 24.2. The quantitative estimate of drug-likeness (QED) is 0.0832. The molecule has 1 aromatic heterocycles. The number of aromatic amines is 1. The monoisotopic (exact) mass is 754 g/mol. The molecule has 4 saturated carbocycles. The highest BCUT2D eigenvalue weighted by atomic mass is 35.5. The molecule has 0 radical (unpaired) electrons. The summed E-state index contributed by atoms with van der Waals surface area (Å²) in [4.78, 5) is 56.6. The third-order valence-corrected chi connectivity index (χ3v) is 12.0. The summed E-state index contributed by atoms with van der Waals surface area (Å²) in [7, 11) is 0. The standard InChI is InChI=1S/C38H47ClN4O6S2/c1-38(2,3)49-36(47)42-30(20-32(40)44)35(46)48-12-6-4-5-7-24-18-28(23-8-10-27(39)11-9-23)41-29(24)19-31-34(45)43(37(50)51-31)33-25-14-21-13-22(16-25)17-26(33)15-21/h8-11,18-19,21-22,25-26,30,33,41H,4-7,12-17,20H2,1-3H3,(H2,40,44)(H,42,47)/t21?,22?,25?,26?,30-,33?/m0/s1. The van der Waals surface area contributed by atoms with Crippen molar-refractivity contribution in [1.82, 2.24) is 15.2 Å². The largest absolute Gasteiger partial charge is 0.464 e. The van der Waals surface area contributed by atoms with E-state index in [0.29, 0.717) is 32.5 Å². The molecule has 10 nitrogen and oxygen atoms in total.